The molecule has 0 radical (unpaired) electrons. The zero-order chi connectivity index (χ0) is 18.1. The van der Waals surface area contributed by atoms with Crippen molar-refractivity contribution in [2.45, 2.75) is 25.8 Å². The van der Waals surface area contributed by atoms with Crippen LogP contribution in [0, 0.1) is 0 Å². The lowest BCUT2D eigenvalue weighted by atomic mass is 9.86. The first-order valence-electron chi connectivity index (χ1n) is 9.23. The molecule has 1 atom stereocenters. The van der Waals surface area contributed by atoms with Gasteiger partial charge >= 0.3 is 5.97 Å². The summed E-state index contributed by atoms with van der Waals surface area (Å²) in [4.78, 5) is 17.6. The molecule has 0 saturated heterocycles. The van der Waals surface area contributed by atoms with Crippen LogP contribution in [-0.4, -0.2) is 36.1 Å². The van der Waals surface area contributed by atoms with Gasteiger partial charge in [-0.15, -0.1) is 12.4 Å². The highest BCUT2D eigenvalue weighted by molar-refractivity contribution is 5.94. The highest BCUT2D eigenvalue weighted by Crippen LogP contribution is 2.42. The zero-order valence-electron chi connectivity index (χ0n) is 15.7. The molecule has 4 nitrogen and oxygen atoms in total. The first kappa shape index (κ1) is 19.5. The molecule has 1 N–H and O–H groups in total. The topological polar surface area (TPSA) is 45.3 Å². The largest absolute Gasteiger partial charge is 0.465 e. The van der Waals surface area contributed by atoms with E-state index in [0.29, 0.717) is 13.2 Å². The molecule has 2 aromatic carbocycles. The second-order valence-corrected chi connectivity index (χ2v) is 6.89. The van der Waals surface area contributed by atoms with E-state index in [0.717, 1.165) is 12.8 Å². The fraction of sp³-hybridized carbons (Fsp3) is 0.318. The Kier molecular flexibility index (Phi) is 5.88. The summed E-state index contributed by atoms with van der Waals surface area (Å²) in [6.45, 7) is 2.59. The SMILES string of the molecule is CCOC(=O)CN(C)C1CCc2c(-c3ccccc3)[nH]c3cccc1c23.Cl. The van der Waals surface area contributed by atoms with Crippen LogP contribution in [0.3, 0.4) is 0 Å². The fourth-order valence-corrected chi connectivity index (χ4v) is 4.14. The smallest absolute Gasteiger partial charge is 0.320 e. The number of ether oxygens (including phenoxy) is 1. The van der Waals surface area contributed by atoms with Crippen LogP contribution in [-0.2, 0) is 16.0 Å². The van der Waals surface area contributed by atoms with Crippen molar-refractivity contribution >= 4 is 29.3 Å². The molecule has 27 heavy (non-hydrogen) atoms. The number of hydrogen-bond acceptors (Lipinski definition) is 3. The third-order valence-electron chi connectivity index (χ3n) is 5.27. The van der Waals surface area contributed by atoms with Gasteiger partial charge in [0.1, 0.15) is 0 Å². The third kappa shape index (κ3) is 3.60. The maximum Gasteiger partial charge on any atom is 0.320 e. The Morgan fingerprint density at radius 1 is 1.19 bits per heavy atom. The molecule has 1 aliphatic rings. The van der Waals surface area contributed by atoms with Crippen LogP contribution >= 0.6 is 12.4 Å². The lowest BCUT2D eigenvalue weighted by molar-refractivity contribution is -0.144. The van der Waals surface area contributed by atoms with Gasteiger partial charge in [-0.1, -0.05) is 42.5 Å². The van der Waals surface area contributed by atoms with Crippen molar-refractivity contribution in [1.82, 2.24) is 9.88 Å². The van der Waals surface area contributed by atoms with Crippen molar-refractivity contribution < 1.29 is 9.53 Å². The molecule has 142 valence electrons. The number of carbonyl (C=O) groups excluding carboxylic acids is 1. The van der Waals surface area contributed by atoms with E-state index in [1.165, 1.54) is 33.3 Å². The molecule has 3 aromatic rings. The van der Waals surface area contributed by atoms with Gasteiger partial charge in [0.15, 0.2) is 0 Å². The second kappa shape index (κ2) is 8.15. The number of halogens is 1. The predicted octanol–water partition coefficient (Wildman–Crippen LogP) is 4.74. The number of nitrogens with one attached hydrogen (secondary N) is 1. The number of likely N-dealkylation sites (N-methyl/N-ethyl adjacent to an activating group) is 1. The average molecular weight is 385 g/mol. The number of carbonyl (C=O) groups is 1. The number of esters is 1. The van der Waals surface area contributed by atoms with Gasteiger partial charge in [0.25, 0.3) is 0 Å². The van der Waals surface area contributed by atoms with Crippen molar-refractivity contribution in [3.8, 4) is 11.3 Å². The van der Waals surface area contributed by atoms with Crippen LogP contribution in [0.2, 0.25) is 0 Å². The van der Waals surface area contributed by atoms with Crippen LogP contribution in [0.4, 0.5) is 0 Å². The highest BCUT2D eigenvalue weighted by atomic mass is 35.5. The maximum atomic E-state index is 11.9. The van der Waals surface area contributed by atoms with Gasteiger partial charge in [-0.2, -0.15) is 0 Å². The predicted molar refractivity (Wildman–Crippen MR) is 111 cm³/mol. The molecule has 1 unspecified atom stereocenters. The quantitative estimate of drug-likeness (QED) is 0.646. The summed E-state index contributed by atoms with van der Waals surface area (Å²) >= 11 is 0. The number of rotatable bonds is 5. The number of benzene rings is 2. The molecule has 0 saturated carbocycles. The molecule has 0 fully saturated rings. The van der Waals surface area contributed by atoms with Gasteiger partial charge in [-0.25, -0.2) is 0 Å². The molecule has 1 aliphatic carbocycles. The number of nitrogens with zero attached hydrogens (tertiary/aromatic N) is 1. The molecular weight excluding hydrogens is 360 g/mol. The minimum Gasteiger partial charge on any atom is -0.465 e. The molecule has 0 amide bonds. The minimum atomic E-state index is -0.160. The number of aromatic amines is 1. The third-order valence-corrected chi connectivity index (χ3v) is 5.27. The minimum absolute atomic E-state index is 0. The van der Waals surface area contributed by atoms with E-state index in [2.05, 4.69) is 52.3 Å². The summed E-state index contributed by atoms with van der Waals surface area (Å²) in [5, 5.41) is 1.32. The Labute approximate surface area is 165 Å². The lowest BCUT2D eigenvalue weighted by Crippen LogP contribution is -2.32. The van der Waals surface area contributed by atoms with Gasteiger partial charge in [-0.05, 0) is 49.6 Å². The van der Waals surface area contributed by atoms with Gasteiger partial charge in [-0.3, -0.25) is 9.69 Å². The second-order valence-electron chi connectivity index (χ2n) is 6.89. The molecule has 1 aromatic heterocycles. The molecule has 0 aliphatic heterocycles. The van der Waals surface area contributed by atoms with E-state index < -0.39 is 0 Å². The van der Waals surface area contributed by atoms with Gasteiger partial charge in [0, 0.05) is 22.6 Å². The Hall–Kier alpha value is -2.30. The molecule has 0 spiro atoms. The monoisotopic (exact) mass is 384 g/mol. The number of aryl methyl sites for hydroxylation is 1. The van der Waals surface area contributed by atoms with Gasteiger partial charge in [0.2, 0.25) is 0 Å². The van der Waals surface area contributed by atoms with Crippen molar-refractivity contribution in [3.05, 3.63) is 59.7 Å². The standard InChI is InChI=1S/C22H24N2O2.ClH/c1-3-26-20(25)14-24(2)19-13-12-17-21-16(19)10-7-11-18(21)23-22(17)15-8-5-4-6-9-15;/h4-11,19,23H,3,12-14H2,1-2H3;1H. The Balaban J connectivity index is 0.00000210. The van der Waals surface area contributed by atoms with Crippen LogP contribution in [0.25, 0.3) is 22.2 Å². The highest BCUT2D eigenvalue weighted by Gasteiger charge is 2.29. The first-order valence-corrected chi connectivity index (χ1v) is 9.23. The van der Waals surface area contributed by atoms with Crippen molar-refractivity contribution in [2.75, 3.05) is 20.2 Å². The number of H-pyrrole nitrogens is 1. The van der Waals surface area contributed by atoms with Crippen LogP contribution in [0.1, 0.15) is 30.5 Å². The molecule has 4 rings (SSSR count). The Bertz CT molecular complexity index is 936. The molecular formula is C22H25ClN2O2. The summed E-state index contributed by atoms with van der Waals surface area (Å²) in [5.41, 5.74) is 6.31. The van der Waals surface area contributed by atoms with Crippen LogP contribution in [0.5, 0.6) is 0 Å². The van der Waals surface area contributed by atoms with Gasteiger partial charge < -0.3 is 9.72 Å². The van der Waals surface area contributed by atoms with Crippen molar-refractivity contribution in [1.29, 1.82) is 0 Å². The fourth-order valence-electron chi connectivity index (χ4n) is 4.14. The Morgan fingerprint density at radius 3 is 2.70 bits per heavy atom. The summed E-state index contributed by atoms with van der Waals surface area (Å²) in [6, 6.07) is 17.2. The van der Waals surface area contributed by atoms with E-state index in [4.69, 9.17) is 4.74 Å². The summed E-state index contributed by atoms with van der Waals surface area (Å²) in [7, 11) is 2.01. The Morgan fingerprint density at radius 2 is 1.96 bits per heavy atom. The van der Waals surface area contributed by atoms with Crippen molar-refractivity contribution in [3.63, 3.8) is 0 Å². The summed E-state index contributed by atoms with van der Waals surface area (Å²) in [6.07, 6.45) is 2.00. The number of aromatic nitrogens is 1. The zero-order valence-corrected chi connectivity index (χ0v) is 16.5. The van der Waals surface area contributed by atoms with Crippen LogP contribution < -0.4 is 0 Å². The molecule has 1 heterocycles. The first-order chi connectivity index (χ1) is 12.7. The average Bonchev–Trinajstić information content (AvgIpc) is 3.03. The summed E-state index contributed by atoms with van der Waals surface area (Å²) < 4.78 is 5.12. The van der Waals surface area contributed by atoms with E-state index in [9.17, 15) is 4.79 Å². The van der Waals surface area contributed by atoms with E-state index in [1.807, 2.05) is 20.0 Å². The normalized spacial score (nSPS) is 15.6. The number of hydrogen-bond donors (Lipinski definition) is 1. The van der Waals surface area contributed by atoms with E-state index >= 15 is 0 Å². The van der Waals surface area contributed by atoms with Crippen molar-refractivity contribution in [2.24, 2.45) is 0 Å². The maximum absolute atomic E-state index is 11.9. The lowest BCUT2D eigenvalue weighted by Gasteiger charge is -2.31. The van der Waals surface area contributed by atoms with E-state index in [1.54, 1.807) is 0 Å². The van der Waals surface area contributed by atoms with E-state index in [-0.39, 0.29) is 24.4 Å². The van der Waals surface area contributed by atoms with Crippen LogP contribution in [0.15, 0.2) is 48.5 Å². The molecule has 5 heteroatoms. The molecule has 0 bridgehead atoms. The summed E-state index contributed by atoms with van der Waals surface area (Å²) in [5.74, 6) is -0.160. The van der Waals surface area contributed by atoms with Gasteiger partial charge in [0.05, 0.1) is 13.2 Å².